The normalized spacial score (nSPS) is 16.4. The number of carbonyl (C=O) groups excluding carboxylic acids is 1. The molecule has 5 heteroatoms. The first kappa shape index (κ1) is 17.6. The average molecular weight is 415 g/mol. The van der Waals surface area contributed by atoms with Gasteiger partial charge in [0.15, 0.2) is 0 Å². The minimum absolute atomic E-state index is 0.0237. The fourth-order valence-corrected chi connectivity index (χ4v) is 4.16. The quantitative estimate of drug-likeness (QED) is 0.822. The Bertz CT molecular complexity index is 816. The van der Waals surface area contributed by atoms with Crippen molar-refractivity contribution in [2.75, 3.05) is 36.5 Å². The van der Waals surface area contributed by atoms with E-state index in [1.165, 1.54) is 24.0 Å². The standard InChI is InChI=1S/C21H23BrN2O2/c22-18-6-7-20(24-8-10-26-11-9-24)19(14-18)23-21(25)13-15-4-5-16-2-1-3-17(16)12-15/h4-7,12,14H,1-3,8-11,13H2,(H,23,25). The topological polar surface area (TPSA) is 41.6 Å². The van der Waals surface area contributed by atoms with Crippen molar-refractivity contribution in [3.63, 3.8) is 0 Å². The highest BCUT2D eigenvalue weighted by Gasteiger charge is 2.17. The van der Waals surface area contributed by atoms with Gasteiger partial charge in [-0.15, -0.1) is 0 Å². The van der Waals surface area contributed by atoms with Crippen LogP contribution in [-0.2, 0) is 28.8 Å². The Hall–Kier alpha value is -1.85. The van der Waals surface area contributed by atoms with Gasteiger partial charge in [0.1, 0.15) is 0 Å². The lowest BCUT2D eigenvalue weighted by atomic mass is 10.0. The summed E-state index contributed by atoms with van der Waals surface area (Å²) < 4.78 is 6.40. The molecule has 0 bridgehead atoms. The number of anilines is 2. The van der Waals surface area contributed by atoms with Crippen molar-refractivity contribution in [2.45, 2.75) is 25.7 Å². The van der Waals surface area contributed by atoms with Gasteiger partial charge in [-0.3, -0.25) is 4.79 Å². The molecule has 4 nitrogen and oxygen atoms in total. The number of amides is 1. The maximum Gasteiger partial charge on any atom is 0.228 e. The monoisotopic (exact) mass is 414 g/mol. The number of halogens is 1. The van der Waals surface area contributed by atoms with Gasteiger partial charge in [0, 0.05) is 17.6 Å². The molecule has 2 aliphatic rings. The largest absolute Gasteiger partial charge is 0.378 e. The van der Waals surface area contributed by atoms with Crippen LogP contribution >= 0.6 is 15.9 Å². The lowest BCUT2D eigenvalue weighted by Gasteiger charge is -2.30. The molecule has 2 aromatic carbocycles. The predicted molar refractivity (Wildman–Crippen MR) is 108 cm³/mol. The summed E-state index contributed by atoms with van der Waals surface area (Å²) in [5.74, 6) is 0.0237. The summed E-state index contributed by atoms with van der Waals surface area (Å²) in [5, 5.41) is 3.11. The zero-order chi connectivity index (χ0) is 17.9. The third-order valence-electron chi connectivity index (χ3n) is 5.11. The molecule has 0 saturated carbocycles. The van der Waals surface area contributed by atoms with E-state index in [0.717, 1.165) is 54.1 Å². The first-order chi connectivity index (χ1) is 12.7. The van der Waals surface area contributed by atoms with Crippen LogP contribution in [0.3, 0.4) is 0 Å². The second-order valence-corrected chi connectivity index (χ2v) is 7.86. The molecule has 0 atom stereocenters. The second kappa shape index (κ2) is 7.80. The second-order valence-electron chi connectivity index (χ2n) is 6.94. The van der Waals surface area contributed by atoms with Crippen LogP contribution in [0.25, 0.3) is 0 Å². The highest BCUT2D eigenvalue weighted by molar-refractivity contribution is 9.10. The maximum atomic E-state index is 12.7. The molecule has 0 spiro atoms. The van der Waals surface area contributed by atoms with E-state index in [-0.39, 0.29) is 5.91 Å². The Balaban J connectivity index is 1.49. The van der Waals surface area contributed by atoms with Crippen molar-refractivity contribution in [1.29, 1.82) is 0 Å². The molecule has 26 heavy (non-hydrogen) atoms. The van der Waals surface area contributed by atoms with E-state index in [9.17, 15) is 4.79 Å². The number of carbonyl (C=O) groups is 1. The van der Waals surface area contributed by atoms with Crippen molar-refractivity contribution in [1.82, 2.24) is 0 Å². The van der Waals surface area contributed by atoms with E-state index in [1.807, 2.05) is 12.1 Å². The van der Waals surface area contributed by atoms with Crippen LogP contribution in [0.5, 0.6) is 0 Å². The van der Waals surface area contributed by atoms with Crippen molar-refractivity contribution in [3.05, 3.63) is 57.6 Å². The van der Waals surface area contributed by atoms with Crippen LogP contribution in [0.2, 0.25) is 0 Å². The fraction of sp³-hybridized carbons (Fsp3) is 0.381. The number of fused-ring (bicyclic) bond motifs is 1. The van der Waals surface area contributed by atoms with E-state index in [0.29, 0.717) is 6.42 Å². The van der Waals surface area contributed by atoms with Gasteiger partial charge in [0.05, 0.1) is 31.0 Å². The van der Waals surface area contributed by atoms with E-state index in [2.05, 4.69) is 50.4 Å². The highest BCUT2D eigenvalue weighted by atomic mass is 79.9. The summed E-state index contributed by atoms with van der Waals surface area (Å²) >= 11 is 3.52. The third-order valence-corrected chi connectivity index (χ3v) is 5.61. The zero-order valence-corrected chi connectivity index (χ0v) is 16.3. The lowest BCUT2D eigenvalue weighted by molar-refractivity contribution is -0.115. The molecule has 1 aliphatic heterocycles. The third kappa shape index (κ3) is 3.94. The van der Waals surface area contributed by atoms with Gasteiger partial charge >= 0.3 is 0 Å². The van der Waals surface area contributed by atoms with Crippen molar-refractivity contribution in [2.24, 2.45) is 0 Å². The van der Waals surface area contributed by atoms with Crippen LogP contribution in [0.15, 0.2) is 40.9 Å². The van der Waals surface area contributed by atoms with Crippen molar-refractivity contribution in [3.8, 4) is 0 Å². The highest BCUT2D eigenvalue weighted by Crippen LogP contribution is 2.30. The SMILES string of the molecule is O=C(Cc1ccc2c(c1)CCC2)Nc1cc(Br)ccc1N1CCOCC1. The number of hydrogen-bond acceptors (Lipinski definition) is 3. The molecule has 1 heterocycles. The Morgan fingerprint density at radius 2 is 1.88 bits per heavy atom. The molecule has 1 fully saturated rings. The van der Waals surface area contributed by atoms with Crippen molar-refractivity contribution < 1.29 is 9.53 Å². The maximum absolute atomic E-state index is 12.7. The molecule has 0 radical (unpaired) electrons. The molecule has 1 saturated heterocycles. The van der Waals surface area contributed by atoms with E-state index in [1.54, 1.807) is 0 Å². The number of nitrogens with one attached hydrogen (secondary N) is 1. The summed E-state index contributed by atoms with van der Waals surface area (Å²) in [7, 11) is 0. The first-order valence-electron chi connectivity index (χ1n) is 9.22. The van der Waals surface area contributed by atoms with Gasteiger partial charge in [0.25, 0.3) is 0 Å². The number of ether oxygens (including phenoxy) is 1. The fourth-order valence-electron chi connectivity index (χ4n) is 3.80. The van der Waals surface area contributed by atoms with Crippen LogP contribution in [0, 0.1) is 0 Å². The number of morpholine rings is 1. The number of aryl methyl sites for hydroxylation is 2. The summed E-state index contributed by atoms with van der Waals surface area (Å²) in [6.07, 6.45) is 3.94. The van der Waals surface area contributed by atoms with Gasteiger partial charge in [-0.25, -0.2) is 0 Å². The summed E-state index contributed by atoms with van der Waals surface area (Å²) in [6, 6.07) is 12.5. The zero-order valence-electron chi connectivity index (χ0n) is 14.8. The Morgan fingerprint density at radius 3 is 2.73 bits per heavy atom. The summed E-state index contributed by atoms with van der Waals surface area (Å²) in [5.41, 5.74) is 5.85. The van der Waals surface area contributed by atoms with Crippen LogP contribution in [-0.4, -0.2) is 32.2 Å². The van der Waals surface area contributed by atoms with Crippen LogP contribution < -0.4 is 10.2 Å². The molecule has 1 amide bonds. The summed E-state index contributed by atoms with van der Waals surface area (Å²) in [6.45, 7) is 3.13. The Kier molecular flexibility index (Phi) is 5.27. The van der Waals surface area contributed by atoms with Gasteiger partial charge in [0.2, 0.25) is 5.91 Å². The molecule has 1 N–H and O–H groups in total. The Labute approximate surface area is 162 Å². The van der Waals surface area contributed by atoms with Gasteiger partial charge in [-0.05, 0) is 54.2 Å². The molecular formula is C21H23BrN2O2. The molecule has 136 valence electrons. The molecule has 2 aromatic rings. The van der Waals surface area contributed by atoms with Crippen molar-refractivity contribution >= 4 is 33.2 Å². The number of hydrogen-bond donors (Lipinski definition) is 1. The van der Waals surface area contributed by atoms with Gasteiger partial charge < -0.3 is 15.0 Å². The Morgan fingerprint density at radius 1 is 1.08 bits per heavy atom. The molecule has 0 unspecified atom stereocenters. The van der Waals surface area contributed by atoms with E-state index >= 15 is 0 Å². The van der Waals surface area contributed by atoms with E-state index in [4.69, 9.17) is 4.74 Å². The molecule has 1 aliphatic carbocycles. The first-order valence-corrected chi connectivity index (χ1v) is 10.0. The predicted octanol–water partition coefficient (Wildman–Crippen LogP) is 3.96. The van der Waals surface area contributed by atoms with Gasteiger partial charge in [-0.1, -0.05) is 34.1 Å². The van der Waals surface area contributed by atoms with E-state index < -0.39 is 0 Å². The number of nitrogens with zero attached hydrogens (tertiary/aromatic N) is 1. The summed E-state index contributed by atoms with van der Waals surface area (Å²) in [4.78, 5) is 14.9. The van der Waals surface area contributed by atoms with Crippen LogP contribution in [0.1, 0.15) is 23.1 Å². The minimum atomic E-state index is 0.0237. The molecule has 0 aromatic heterocycles. The minimum Gasteiger partial charge on any atom is -0.378 e. The number of benzene rings is 2. The average Bonchev–Trinajstić information content (AvgIpc) is 3.10. The lowest BCUT2D eigenvalue weighted by Crippen LogP contribution is -2.36. The van der Waals surface area contributed by atoms with Crippen LogP contribution in [0.4, 0.5) is 11.4 Å². The molecule has 4 rings (SSSR count). The van der Waals surface area contributed by atoms with Gasteiger partial charge in [-0.2, -0.15) is 0 Å². The molecular weight excluding hydrogens is 392 g/mol. The number of rotatable bonds is 4. The smallest absolute Gasteiger partial charge is 0.228 e.